The van der Waals surface area contributed by atoms with E-state index in [0.29, 0.717) is 24.3 Å². The van der Waals surface area contributed by atoms with Crippen LogP contribution >= 0.6 is 0 Å². The zero-order chi connectivity index (χ0) is 10.6. The second-order valence-corrected chi connectivity index (χ2v) is 2.57. The molecule has 8 heteroatoms. The lowest BCUT2D eigenvalue weighted by atomic mass is 9.94. The van der Waals surface area contributed by atoms with Gasteiger partial charge in [-0.05, 0) is 12.8 Å². The van der Waals surface area contributed by atoms with Crippen molar-refractivity contribution in [2.24, 2.45) is 21.7 Å². The van der Waals surface area contributed by atoms with E-state index >= 15 is 0 Å². The molecule has 0 atom stereocenters. The van der Waals surface area contributed by atoms with Gasteiger partial charge in [-0.25, -0.2) is 20.4 Å². The number of urea groups is 2. The van der Waals surface area contributed by atoms with Crippen molar-refractivity contribution in [3.63, 3.8) is 0 Å². The van der Waals surface area contributed by atoms with Crippen LogP contribution in [0.25, 0.3) is 0 Å². The summed E-state index contributed by atoms with van der Waals surface area (Å²) < 4.78 is 0. The Morgan fingerprint density at radius 1 is 1.00 bits per heavy atom. The quantitative estimate of drug-likeness (QED) is 0.416. The number of hydrogen-bond acceptors (Lipinski definition) is 4. The molecule has 0 spiro atoms. The molecule has 0 bridgehead atoms. The molecule has 0 aromatic heterocycles. The Labute approximate surface area is 79.4 Å². The molecule has 8 nitrogen and oxygen atoms in total. The van der Waals surface area contributed by atoms with Crippen molar-refractivity contribution in [1.29, 1.82) is 0 Å². The van der Waals surface area contributed by atoms with Crippen LogP contribution < -0.4 is 22.3 Å². The van der Waals surface area contributed by atoms with E-state index in [1.54, 1.807) is 0 Å². The third-order valence-electron chi connectivity index (χ3n) is 1.53. The normalized spacial score (nSPS) is 20.3. The molecule has 0 aromatic rings. The van der Waals surface area contributed by atoms with Crippen LogP contribution in [0.4, 0.5) is 9.59 Å². The SMILES string of the molecule is NC(=O)N/N=C1\CC\C1=N/NC(N)=O. The van der Waals surface area contributed by atoms with Gasteiger partial charge in [-0.3, -0.25) is 0 Å². The Hall–Kier alpha value is -2.12. The van der Waals surface area contributed by atoms with Gasteiger partial charge in [0.1, 0.15) is 0 Å². The summed E-state index contributed by atoms with van der Waals surface area (Å²) in [5, 5.41) is 7.32. The standard InChI is InChI=1S/C6H10N6O2/c7-5(13)11-9-3-1-2-4(3)10-12-6(8)14/h1-2H2,(H3,7,11,13)(H3,8,12,14)/b9-3+,10-4+. The van der Waals surface area contributed by atoms with Gasteiger partial charge >= 0.3 is 12.1 Å². The number of hydrogen-bond donors (Lipinski definition) is 4. The summed E-state index contributed by atoms with van der Waals surface area (Å²) in [6.45, 7) is 0. The van der Waals surface area contributed by atoms with Crippen molar-refractivity contribution in [3.05, 3.63) is 0 Å². The smallest absolute Gasteiger partial charge is 0.332 e. The van der Waals surface area contributed by atoms with Gasteiger partial charge in [0, 0.05) is 0 Å². The molecule has 1 fully saturated rings. The fraction of sp³-hybridized carbons (Fsp3) is 0.333. The highest BCUT2D eigenvalue weighted by atomic mass is 16.2. The van der Waals surface area contributed by atoms with E-state index in [9.17, 15) is 9.59 Å². The minimum atomic E-state index is -0.744. The van der Waals surface area contributed by atoms with Crippen LogP contribution in [0.3, 0.4) is 0 Å². The fourth-order valence-electron chi connectivity index (χ4n) is 0.835. The van der Waals surface area contributed by atoms with E-state index in [2.05, 4.69) is 21.1 Å². The average molecular weight is 198 g/mol. The highest BCUT2D eigenvalue weighted by Gasteiger charge is 2.20. The molecule has 0 aliphatic heterocycles. The second-order valence-electron chi connectivity index (χ2n) is 2.57. The summed E-state index contributed by atoms with van der Waals surface area (Å²) in [6, 6.07) is -1.49. The second kappa shape index (κ2) is 4.21. The number of nitrogens with one attached hydrogen (secondary N) is 2. The van der Waals surface area contributed by atoms with Crippen molar-refractivity contribution < 1.29 is 9.59 Å². The van der Waals surface area contributed by atoms with Crippen LogP contribution in [0.5, 0.6) is 0 Å². The number of amides is 4. The zero-order valence-electron chi connectivity index (χ0n) is 7.28. The molecule has 14 heavy (non-hydrogen) atoms. The molecule has 0 radical (unpaired) electrons. The topological polar surface area (TPSA) is 135 Å². The van der Waals surface area contributed by atoms with Crippen LogP contribution in [-0.2, 0) is 0 Å². The molecule has 76 valence electrons. The predicted molar refractivity (Wildman–Crippen MR) is 49.5 cm³/mol. The Bertz CT molecular complexity index is 288. The molecule has 6 N–H and O–H groups in total. The van der Waals surface area contributed by atoms with Crippen molar-refractivity contribution in [2.45, 2.75) is 12.8 Å². The summed E-state index contributed by atoms with van der Waals surface area (Å²) in [7, 11) is 0. The van der Waals surface area contributed by atoms with Crippen LogP contribution in [0.15, 0.2) is 10.2 Å². The molecule has 0 aromatic carbocycles. The van der Waals surface area contributed by atoms with E-state index in [0.717, 1.165) is 0 Å². The molecular formula is C6H10N6O2. The number of primary amides is 2. The molecule has 1 saturated carbocycles. The number of nitrogens with zero attached hydrogens (tertiary/aromatic N) is 2. The number of rotatable bonds is 2. The van der Waals surface area contributed by atoms with Crippen molar-refractivity contribution in [3.8, 4) is 0 Å². The number of carbonyl (C=O) groups is 2. The first-order valence-corrected chi connectivity index (χ1v) is 3.84. The third kappa shape index (κ3) is 2.73. The van der Waals surface area contributed by atoms with Crippen LogP contribution in [0.2, 0.25) is 0 Å². The maximum Gasteiger partial charge on any atom is 0.332 e. The number of nitrogens with two attached hydrogens (primary N) is 2. The maximum atomic E-state index is 10.3. The highest BCUT2D eigenvalue weighted by molar-refractivity contribution is 6.48. The summed E-state index contributed by atoms with van der Waals surface area (Å²) in [5.41, 5.74) is 14.9. The Kier molecular flexibility index (Phi) is 3.00. The van der Waals surface area contributed by atoms with Crippen LogP contribution in [0.1, 0.15) is 12.8 Å². The lowest BCUT2D eigenvalue weighted by molar-refractivity contribution is 0.248. The molecule has 0 saturated heterocycles. The first-order chi connectivity index (χ1) is 6.59. The molecule has 0 unspecified atom stereocenters. The summed E-state index contributed by atoms with van der Waals surface area (Å²) >= 11 is 0. The molecule has 1 rings (SSSR count). The van der Waals surface area contributed by atoms with Gasteiger partial charge in [0.25, 0.3) is 0 Å². The van der Waals surface area contributed by atoms with Gasteiger partial charge in [0.05, 0.1) is 11.4 Å². The lowest BCUT2D eigenvalue weighted by Gasteiger charge is -2.17. The molecule has 4 amide bonds. The first kappa shape index (κ1) is 9.96. The van der Waals surface area contributed by atoms with Gasteiger partial charge in [0.15, 0.2) is 0 Å². The van der Waals surface area contributed by atoms with Crippen LogP contribution in [0, 0.1) is 0 Å². The van der Waals surface area contributed by atoms with E-state index in [4.69, 9.17) is 11.5 Å². The summed E-state index contributed by atoms with van der Waals surface area (Å²) in [6.07, 6.45) is 1.36. The average Bonchev–Trinajstić information content (AvgIpc) is 2.01. The van der Waals surface area contributed by atoms with Gasteiger partial charge in [-0.2, -0.15) is 10.2 Å². The zero-order valence-corrected chi connectivity index (χ0v) is 7.28. The largest absolute Gasteiger partial charge is 0.350 e. The van der Waals surface area contributed by atoms with Gasteiger partial charge in [-0.15, -0.1) is 0 Å². The number of carbonyl (C=O) groups excluding carboxylic acids is 2. The maximum absolute atomic E-state index is 10.3. The molecular weight excluding hydrogens is 188 g/mol. The molecule has 1 aliphatic carbocycles. The van der Waals surface area contributed by atoms with Crippen LogP contribution in [-0.4, -0.2) is 23.5 Å². The summed E-state index contributed by atoms with van der Waals surface area (Å²) in [4.78, 5) is 20.6. The lowest BCUT2D eigenvalue weighted by Crippen LogP contribution is -2.35. The molecule has 1 aliphatic rings. The minimum Gasteiger partial charge on any atom is -0.350 e. The van der Waals surface area contributed by atoms with E-state index in [1.807, 2.05) is 0 Å². The Balaban J connectivity index is 2.49. The summed E-state index contributed by atoms with van der Waals surface area (Å²) in [5.74, 6) is 0. The van der Waals surface area contributed by atoms with Gasteiger partial charge in [-0.1, -0.05) is 0 Å². The van der Waals surface area contributed by atoms with Crippen molar-refractivity contribution >= 4 is 23.5 Å². The monoisotopic (exact) mass is 198 g/mol. The highest BCUT2D eigenvalue weighted by Crippen LogP contribution is 2.11. The Morgan fingerprint density at radius 3 is 1.57 bits per heavy atom. The molecule has 0 heterocycles. The minimum absolute atomic E-state index is 0.581. The predicted octanol–water partition coefficient (Wildman–Crippen LogP) is -1.17. The first-order valence-electron chi connectivity index (χ1n) is 3.84. The van der Waals surface area contributed by atoms with E-state index < -0.39 is 12.1 Å². The van der Waals surface area contributed by atoms with E-state index in [1.165, 1.54) is 0 Å². The third-order valence-corrected chi connectivity index (χ3v) is 1.53. The van der Waals surface area contributed by atoms with Gasteiger partial charge < -0.3 is 11.5 Å². The Morgan fingerprint density at radius 2 is 1.36 bits per heavy atom. The number of hydrazone groups is 2. The van der Waals surface area contributed by atoms with E-state index in [-0.39, 0.29) is 0 Å². The van der Waals surface area contributed by atoms with Gasteiger partial charge in [0.2, 0.25) is 0 Å². The van der Waals surface area contributed by atoms with Crippen molar-refractivity contribution in [1.82, 2.24) is 10.9 Å². The van der Waals surface area contributed by atoms with Crippen molar-refractivity contribution in [2.75, 3.05) is 0 Å². The fourth-order valence-corrected chi connectivity index (χ4v) is 0.835.